The number of aliphatic imine (C=N–C) groups is 1. The van der Waals surface area contributed by atoms with E-state index in [1.807, 2.05) is 0 Å². The number of likely N-dealkylation sites (N-methyl/N-ethyl adjacent to an activating group) is 1. The molecule has 3 heterocycles. The largest absolute Gasteiger partial charge is 0.369 e. The Labute approximate surface area is 167 Å². The summed E-state index contributed by atoms with van der Waals surface area (Å²) in [6.07, 6.45) is -1.73. The summed E-state index contributed by atoms with van der Waals surface area (Å²) >= 11 is 1.36. The van der Waals surface area contributed by atoms with Crippen molar-refractivity contribution in [2.75, 3.05) is 7.05 Å². The van der Waals surface area contributed by atoms with Crippen molar-refractivity contribution in [3.8, 4) is 11.3 Å². The van der Waals surface area contributed by atoms with Gasteiger partial charge in [0.05, 0.1) is 11.2 Å². The molecule has 10 heteroatoms. The Morgan fingerprint density at radius 1 is 1.21 bits per heavy atom. The normalized spacial score (nSPS) is 19.1. The summed E-state index contributed by atoms with van der Waals surface area (Å²) in [6.45, 7) is 0. The Kier molecular flexibility index (Phi) is 4.58. The molecule has 3 aromatic rings. The van der Waals surface area contributed by atoms with E-state index in [9.17, 15) is 13.6 Å². The minimum Gasteiger partial charge on any atom is -0.369 e. The van der Waals surface area contributed by atoms with Gasteiger partial charge in [0.25, 0.3) is 12.3 Å². The molecule has 4 rings (SSSR count). The zero-order valence-corrected chi connectivity index (χ0v) is 15.8. The summed E-state index contributed by atoms with van der Waals surface area (Å²) in [5, 5.41) is 1.77. The van der Waals surface area contributed by atoms with Crippen LogP contribution in [0.2, 0.25) is 0 Å². The fraction of sp³-hybridized carbons (Fsp3) is 0.158. The van der Waals surface area contributed by atoms with Crippen LogP contribution in [0.15, 0.2) is 52.4 Å². The van der Waals surface area contributed by atoms with Crippen molar-refractivity contribution in [2.24, 2.45) is 10.7 Å². The van der Waals surface area contributed by atoms with Crippen LogP contribution in [0.1, 0.15) is 23.2 Å². The second kappa shape index (κ2) is 6.96. The second-order valence-corrected chi connectivity index (χ2v) is 7.10. The number of rotatable bonds is 4. The number of hydrogen-bond donors (Lipinski definition) is 1. The van der Waals surface area contributed by atoms with Crippen LogP contribution in [0, 0.1) is 5.82 Å². The number of amides is 1. The number of carbonyl (C=O) groups is 1. The van der Waals surface area contributed by atoms with Crippen LogP contribution in [-0.4, -0.2) is 33.8 Å². The van der Waals surface area contributed by atoms with Crippen molar-refractivity contribution in [2.45, 2.75) is 12.0 Å². The molecule has 1 aliphatic heterocycles. The highest BCUT2D eigenvalue weighted by atomic mass is 32.1. The van der Waals surface area contributed by atoms with E-state index in [0.29, 0.717) is 11.3 Å². The number of benzene rings is 1. The second-order valence-electron chi connectivity index (χ2n) is 6.38. The van der Waals surface area contributed by atoms with E-state index in [-0.39, 0.29) is 17.1 Å². The average Bonchev–Trinajstić information content (AvgIpc) is 3.33. The molecule has 0 aliphatic carbocycles. The summed E-state index contributed by atoms with van der Waals surface area (Å²) in [5.41, 5.74) is 6.08. The Hall–Kier alpha value is -3.27. The van der Waals surface area contributed by atoms with Crippen molar-refractivity contribution in [3.05, 3.63) is 70.1 Å². The van der Waals surface area contributed by atoms with E-state index < -0.39 is 29.4 Å². The Bertz CT molecular complexity index is 1120. The number of carbonyl (C=O) groups excluding carboxylic acids is 1. The zero-order chi connectivity index (χ0) is 20.8. The minimum atomic E-state index is -2.87. The van der Waals surface area contributed by atoms with Gasteiger partial charge in [-0.2, -0.15) is 0 Å². The zero-order valence-electron chi connectivity index (χ0n) is 15.0. The number of pyridine rings is 1. The lowest BCUT2D eigenvalue weighted by atomic mass is 9.81. The van der Waals surface area contributed by atoms with E-state index in [1.54, 1.807) is 10.9 Å². The molecule has 6 nitrogen and oxygen atoms in total. The van der Waals surface area contributed by atoms with E-state index in [4.69, 9.17) is 5.73 Å². The number of guanidine groups is 1. The smallest absolute Gasteiger partial charge is 0.280 e. The Balaban J connectivity index is 2.00. The molecule has 1 amide bonds. The summed E-state index contributed by atoms with van der Waals surface area (Å²) in [7, 11) is 1.39. The van der Waals surface area contributed by atoms with Gasteiger partial charge in [0.1, 0.15) is 11.5 Å². The lowest BCUT2D eigenvalue weighted by molar-refractivity contribution is -0.129. The van der Waals surface area contributed by atoms with Crippen molar-refractivity contribution >= 4 is 23.2 Å². The molecule has 0 saturated heterocycles. The molecule has 1 aliphatic rings. The van der Waals surface area contributed by atoms with Gasteiger partial charge in [-0.3, -0.25) is 14.7 Å². The standard InChI is InChI=1S/C19H14F3N5OS/c1-27-17(28)19(26-18(27)23,11-4-5-24-14(7-11)16(21)22)12-6-10(2-3-13(12)20)15-8-29-9-25-15/h2-9,16H,1H3,(H2,23,26). The van der Waals surface area contributed by atoms with Gasteiger partial charge in [-0.1, -0.05) is 0 Å². The van der Waals surface area contributed by atoms with Gasteiger partial charge in [-0.25, -0.2) is 23.1 Å². The molecule has 148 valence electrons. The Morgan fingerprint density at radius 2 is 2.00 bits per heavy atom. The van der Waals surface area contributed by atoms with Crippen molar-refractivity contribution in [1.82, 2.24) is 14.9 Å². The van der Waals surface area contributed by atoms with Crippen LogP contribution in [0.25, 0.3) is 11.3 Å². The number of hydrogen-bond acceptors (Lipinski definition) is 6. The molecule has 29 heavy (non-hydrogen) atoms. The average molecular weight is 417 g/mol. The molecular formula is C19H14F3N5OS. The molecular weight excluding hydrogens is 403 g/mol. The van der Waals surface area contributed by atoms with Crippen LogP contribution >= 0.6 is 11.3 Å². The first-order chi connectivity index (χ1) is 13.8. The highest BCUT2D eigenvalue weighted by Crippen LogP contribution is 2.42. The third kappa shape index (κ3) is 2.96. The van der Waals surface area contributed by atoms with Crippen LogP contribution in [0.4, 0.5) is 13.2 Å². The number of alkyl halides is 2. The van der Waals surface area contributed by atoms with Gasteiger partial charge in [0.2, 0.25) is 0 Å². The molecule has 0 bridgehead atoms. The number of halogens is 3. The first kappa shape index (κ1) is 19.1. The van der Waals surface area contributed by atoms with Crippen LogP contribution in [0.5, 0.6) is 0 Å². The van der Waals surface area contributed by atoms with Gasteiger partial charge in [-0.05, 0) is 35.9 Å². The van der Waals surface area contributed by atoms with E-state index in [2.05, 4.69) is 15.0 Å². The first-order valence-electron chi connectivity index (χ1n) is 8.41. The SMILES string of the molecule is CN1C(=O)C(c2ccnc(C(F)F)c2)(c2cc(-c3cscn3)ccc2F)N=C1N. The quantitative estimate of drug-likeness (QED) is 0.706. The van der Waals surface area contributed by atoms with Gasteiger partial charge >= 0.3 is 0 Å². The summed E-state index contributed by atoms with van der Waals surface area (Å²) in [4.78, 5) is 26.3. The molecule has 1 aromatic carbocycles. The number of aromatic nitrogens is 2. The van der Waals surface area contributed by atoms with Gasteiger partial charge in [-0.15, -0.1) is 11.3 Å². The molecule has 1 atom stereocenters. The van der Waals surface area contributed by atoms with Crippen LogP contribution < -0.4 is 5.73 Å². The summed E-state index contributed by atoms with van der Waals surface area (Å²) < 4.78 is 41.5. The molecule has 1 unspecified atom stereocenters. The maximum absolute atomic E-state index is 15.0. The van der Waals surface area contributed by atoms with E-state index in [0.717, 1.165) is 17.2 Å². The van der Waals surface area contributed by atoms with E-state index in [1.165, 1.54) is 42.6 Å². The number of nitrogens with zero attached hydrogens (tertiary/aromatic N) is 4. The van der Waals surface area contributed by atoms with Crippen molar-refractivity contribution in [3.63, 3.8) is 0 Å². The highest BCUT2D eigenvalue weighted by Gasteiger charge is 2.51. The predicted octanol–water partition coefficient (Wildman–Crippen LogP) is 3.31. The lowest BCUT2D eigenvalue weighted by Gasteiger charge is -2.27. The summed E-state index contributed by atoms with van der Waals surface area (Å²) in [6, 6.07) is 6.57. The fourth-order valence-corrected chi connectivity index (χ4v) is 3.83. The van der Waals surface area contributed by atoms with Crippen LogP contribution in [-0.2, 0) is 10.3 Å². The molecule has 0 radical (unpaired) electrons. The minimum absolute atomic E-state index is 0.0504. The first-order valence-corrected chi connectivity index (χ1v) is 9.35. The molecule has 2 N–H and O–H groups in total. The molecule has 2 aromatic heterocycles. The third-order valence-corrected chi connectivity index (χ3v) is 5.33. The number of nitrogens with two attached hydrogens (primary N) is 1. The van der Waals surface area contributed by atoms with Gasteiger partial charge < -0.3 is 5.73 Å². The Morgan fingerprint density at radius 3 is 2.62 bits per heavy atom. The van der Waals surface area contributed by atoms with Crippen molar-refractivity contribution < 1.29 is 18.0 Å². The maximum atomic E-state index is 15.0. The molecule has 0 fully saturated rings. The fourth-order valence-electron chi connectivity index (χ4n) is 3.27. The maximum Gasteiger partial charge on any atom is 0.280 e. The topological polar surface area (TPSA) is 84.5 Å². The summed E-state index contributed by atoms with van der Waals surface area (Å²) in [5.74, 6) is -1.53. The lowest BCUT2D eigenvalue weighted by Crippen LogP contribution is -2.41. The van der Waals surface area contributed by atoms with E-state index >= 15 is 4.39 Å². The molecule has 0 saturated carbocycles. The van der Waals surface area contributed by atoms with Crippen molar-refractivity contribution in [1.29, 1.82) is 0 Å². The van der Waals surface area contributed by atoms with Crippen LogP contribution in [0.3, 0.4) is 0 Å². The number of thiazole rings is 1. The highest BCUT2D eigenvalue weighted by molar-refractivity contribution is 7.07. The molecule has 0 spiro atoms. The predicted molar refractivity (Wildman–Crippen MR) is 102 cm³/mol. The third-order valence-electron chi connectivity index (χ3n) is 4.75. The monoisotopic (exact) mass is 417 g/mol. The van der Waals surface area contributed by atoms with Gasteiger partial charge in [0.15, 0.2) is 11.5 Å². The van der Waals surface area contributed by atoms with Gasteiger partial charge in [0, 0.05) is 29.8 Å².